The zero-order chi connectivity index (χ0) is 18.7. The van der Waals surface area contributed by atoms with Crippen LogP contribution in [0.5, 0.6) is 0 Å². The second kappa shape index (κ2) is 7.88. The molecule has 2 aliphatic rings. The largest absolute Gasteiger partial charge is 0.459 e. The number of ether oxygens (including phenoxy) is 2. The number of esters is 1. The highest BCUT2D eigenvalue weighted by atomic mass is 32.2. The van der Waals surface area contributed by atoms with Crippen molar-refractivity contribution in [1.82, 2.24) is 4.90 Å². The van der Waals surface area contributed by atoms with Crippen LogP contribution in [0, 0.1) is 10.1 Å². The standard InChI is InChI=1S/C17H18N2O6S/c1-24-6-7-26-14-8-13-9-15(20)18(13)16(14)17(21)25-10-11-2-4-12(5-3-11)19(22)23/h2-5,8,13,16H,6-7,9-10H2,1H3. The molecule has 26 heavy (non-hydrogen) atoms. The summed E-state index contributed by atoms with van der Waals surface area (Å²) >= 11 is 1.49. The third-order valence-electron chi connectivity index (χ3n) is 4.24. The number of nitrogens with zero attached hydrogens (tertiary/aromatic N) is 2. The van der Waals surface area contributed by atoms with Crippen LogP contribution in [0.1, 0.15) is 12.0 Å². The second-order valence-corrected chi connectivity index (χ2v) is 7.08. The molecule has 2 aliphatic heterocycles. The highest BCUT2D eigenvalue weighted by Gasteiger charge is 2.49. The lowest BCUT2D eigenvalue weighted by Crippen LogP contribution is -2.55. The van der Waals surface area contributed by atoms with Gasteiger partial charge in [0.2, 0.25) is 5.91 Å². The number of nitro benzene ring substituents is 1. The van der Waals surface area contributed by atoms with Crippen LogP contribution >= 0.6 is 11.8 Å². The number of benzene rings is 1. The van der Waals surface area contributed by atoms with E-state index in [-0.39, 0.29) is 24.2 Å². The van der Waals surface area contributed by atoms with Gasteiger partial charge in [-0.1, -0.05) is 0 Å². The van der Waals surface area contributed by atoms with E-state index in [4.69, 9.17) is 9.47 Å². The number of hydrogen-bond acceptors (Lipinski definition) is 7. The Morgan fingerprint density at radius 3 is 2.73 bits per heavy atom. The number of amides is 1. The number of β-lactam (4-membered cyclic amide) rings is 1. The summed E-state index contributed by atoms with van der Waals surface area (Å²) in [6.45, 7) is 0.543. The molecule has 0 radical (unpaired) electrons. The molecule has 1 saturated heterocycles. The van der Waals surface area contributed by atoms with Gasteiger partial charge in [0, 0.05) is 29.9 Å². The first-order valence-corrected chi connectivity index (χ1v) is 9.04. The molecule has 0 spiro atoms. The van der Waals surface area contributed by atoms with Crippen molar-refractivity contribution in [1.29, 1.82) is 0 Å². The fourth-order valence-electron chi connectivity index (χ4n) is 2.89. The van der Waals surface area contributed by atoms with E-state index >= 15 is 0 Å². The molecule has 2 unspecified atom stereocenters. The molecule has 0 aliphatic carbocycles. The maximum Gasteiger partial charge on any atom is 0.334 e. The van der Waals surface area contributed by atoms with Crippen molar-refractivity contribution in [2.45, 2.75) is 25.1 Å². The lowest BCUT2D eigenvalue weighted by molar-refractivity contribution is -0.384. The van der Waals surface area contributed by atoms with E-state index in [9.17, 15) is 19.7 Å². The van der Waals surface area contributed by atoms with Gasteiger partial charge in [0.15, 0.2) is 6.04 Å². The van der Waals surface area contributed by atoms with Gasteiger partial charge in [-0.25, -0.2) is 4.79 Å². The first kappa shape index (κ1) is 18.4. The molecule has 1 aromatic rings. The van der Waals surface area contributed by atoms with Crippen LogP contribution in [0.3, 0.4) is 0 Å². The highest BCUT2D eigenvalue weighted by Crippen LogP contribution is 2.39. The number of thioether (sulfide) groups is 1. The van der Waals surface area contributed by atoms with Gasteiger partial charge in [-0.2, -0.15) is 0 Å². The summed E-state index contributed by atoms with van der Waals surface area (Å²) in [6.07, 6.45) is 2.36. The molecule has 1 amide bonds. The normalized spacial score (nSPS) is 21.0. The number of carbonyl (C=O) groups is 2. The van der Waals surface area contributed by atoms with E-state index in [0.29, 0.717) is 24.3 Å². The molecule has 1 fully saturated rings. The van der Waals surface area contributed by atoms with Gasteiger partial charge in [0.25, 0.3) is 5.69 Å². The van der Waals surface area contributed by atoms with E-state index in [1.807, 2.05) is 6.08 Å². The maximum absolute atomic E-state index is 12.6. The van der Waals surface area contributed by atoms with Gasteiger partial charge in [-0.3, -0.25) is 14.9 Å². The van der Waals surface area contributed by atoms with Crippen LogP contribution < -0.4 is 0 Å². The number of rotatable bonds is 8. The molecule has 0 aromatic heterocycles. The molecule has 0 N–H and O–H groups in total. The van der Waals surface area contributed by atoms with Gasteiger partial charge < -0.3 is 14.4 Å². The maximum atomic E-state index is 12.6. The fraction of sp³-hybridized carbons (Fsp3) is 0.412. The van der Waals surface area contributed by atoms with Crippen LogP contribution in [-0.4, -0.2) is 53.3 Å². The summed E-state index contributed by atoms with van der Waals surface area (Å²) in [5.74, 6) is 0.129. The average Bonchev–Trinajstić information content (AvgIpc) is 2.92. The minimum atomic E-state index is -0.707. The van der Waals surface area contributed by atoms with Crippen molar-refractivity contribution in [3.63, 3.8) is 0 Å². The van der Waals surface area contributed by atoms with Crippen LogP contribution in [0.25, 0.3) is 0 Å². The number of carbonyl (C=O) groups excluding carboxylic acids is 2. The predicted octanol–water partition coefficient (Wildman–Crippen LogP) is 1.88. The summed E-state index contributed by atoms with van der Waals surface area (Å²) in [5.41, 5.74) is 0.621. The van der Waals surface area contributed by atoms with Gasteiger partial charge in [-0.15, -0.1) is 11.8 Å². The Morgan fingerprint density at radius 2 is 2.12 bits per heavy atom. The van der Waals surface area contributed by atoms with E-state index in [2.05, 4.69) is 0 Å². The Morgan fingerprint density at radius 1 is 1.38 bits per heavy atom. The first-order valence-electron chi connectivity index (χ1n) is 8.06. The van der Waals surface area contributed by atoms with Crippen LogP contribution in [0.15, 0.2) is 35.2 Å². The third kappa shape index (κ3) is 3.73. The first-order chi connectivity index (χ1) is 12.5. The molecule has 2 atom stereocenters. The van der Waals surface area contributed by atoms with E-state index in [1.165, 1.54) is 23.9 Å². The monoisotopic (exact) mass is 378 g/mol. The molecule has 3 rings (SSSR count). The molecule has 2 heterocycles. The summed E-state index contributed by atoms with van der Waals surface area (Å²) in [4.78, 5) is 37.0. The average molecular weight is 378 g/mol. The third-order valence-corrected chi connectivity index (χ3v) is 5.30. The topological polar surface area (TPSA) is 99.0 Å². The van der Waals surface area contributed by atoms with Crippen molar-refractivity contribution in [3.05, 3.63) is 50.9 Å². The van der Waals surface area contributed by atoms with Crippen molar-refractivity contribution in [2.75, 3.05) is 19.5 Å². The van der Waals surface area contributed by atoms with Crippen LogP contribution in [0.2, 0.25) is 0 Å². The zero-order valence-corrected chi connectivity index (χ0v) is 14.9. The molecular formula is C17H18N2O6S. The van der Waals surface area contributed by atoms with Crippen molar-refractivity contribution < 1.29 is 24.0 Å². The molecule has 138 valence electrons. The molecule has 1 aromatic carbocycles. The summed E-state index contributed by atoms with van der Waals surface area (Å²) < 4.78 is 10.4. The molecule has 0 saturated carbocycles. The molecule has 0 bridgehead atoms. The number of hydrogen-bond donors (Lipinski definition) is 0. The Bertz CT molecular complexity index is 748. The lowest BCUT2D eigenvalue weighted by atomic mass is 10.0. The summed E-state index contributed by atoms with van der Waals surface area (Å²) in [6, 6.07) is 5.06. The van der Waals surface area contributed by atoms with Crippen LogP contribution in [0.4, 0.5) is 5.69 Å². The Balaban J connectivity index is 1.62. The van der Waals surface area contributed by atoms with E-state index in [0.717, 1.165) is 4.91 Å². The molecular weight excluding hydrogens is 360 g/mol. The molecule has 8 nitrogen and oxygen atoms in total. The van der Waals surface area contributed by atoms with Gasteiger partial charge in [0.1, 0.15) is 6.61 Å². The van der Waals surface area contributed by atoms with Gasteiger partial charge in [-0.05, 0) is 23.8 Å². The minimum Gasteiger partial charge on any atom is -0.459 e. The number of nitro groups is 1. The summed E-state index contributed by atoms with van der Waals surface area (Å²) in [7, 11) is 1.61. The number of fused-ring (bicyclic) bond motifs is 1. The SMILES string of the molecule is COCCSC1=CC2CC(=O)N2C1C(=O)OCc1ccc([N+](=O)[O-])cc1. The fourth-order valence-corrected chi connectivity index (χ4v) is 4.00. The lowest BCUT2D eigenvalue weighted by Gasteiger charge is -2.38. The summed E-state index contributed by atoms with van der Waals surface area (Å²) in [5, 5.41) is 10.7. The number of non-ortho nitro benzene ring substituents is 1. The van der Waals surface area contributed by atoms with Gasteiger partial charge in [0.05, 0.1) is 24.0 Å². The van der Waals surface area contributed by atoms with Gasteiger partial charge >= 0.3 is 5.97 Å². The van der Waals surface area contributed by atoms with E-state index < -0.39 is 16.9 Å². The quantitative estimate of drug-likeness (QED) is 0.224. The van der Waals surface area contributed by atoms with E-state index in [1.54, 1.807) is 24.1 Å². The van der Waals surface area contributed by atoms with Crippen molar-refractivity contribution in [2.24, 2.45) is 0 Å². The second-order valence-electron chi connectivity index (χ2n) is 5.92. The Kier molecular flexibility index (Phi) is 5.58. The Labute approximate surface area is 154 Å². The zero-order valence-electron chi connectivity index (χ0n) is 14.1. The minimum absolute atomic E-state index is 0.00393. The van der Waals surface area contributed by atoms with Crippen LogP contribution in [-0.2, 0) is 25.7 Å². The smallest absolute Gasteiger partial charge is 0.334 e. The highest BCUT2D eigenvalue weighted by molar-refractivity contribution is 8.03. The van der Waals surface area contributed by atoms with Crippen molar-refractivity contribution >= 4 is 29.3 Å². The molecule has 9 heteroatoms. The predicted molar refractivity (Wildman–Crippen MR) is 94.3 cm³/mol. The number of methoxy groups -OCH3 is 1. The Hall–Kier alpha value is -2.39. The van der Waals surface area contributed by atoms with Crippen molar-refractivity contribution in [3.8, 4) is 0 Å².